The largest absolute Gasteiger partial charge is 0.332 e. The van der Waals surface area contributed by atoms with E-state index in [-0.39, 0.29) is 11.0 Å². The van der Waals surface area contributed by atoms with E-state index in [0.29, 0.717) is 11.1 Å². The van der Waals surface area contributed by atoms with E-state index < -0.39 is 0 Å². The second-order valence-electron chi connectivity index (χ2n) is 5.25. The van der Waals surface area contributed by atoms with Gasteiger partial charge >= 0.3 is 0 Å². The molecule has 0 aliphatic heterocycles. The van der Waals surface area contributed by atoms with Crippen molar-refractivity contribution in [3.63, 3.8) is 0 Å². The van der Waals surface area contributed by atoms with Gasteiger partial charge in [-0.3, -0.25) is 15.1 Å². The van der Waals surface area contributed by atoms with E-state index in [0.717, 1.165) is 33.8 Å². The molecule has 2 aromatic carbocycles. The molecule has 2 aromatic heterocycles. The van der Waals surface area contributed by atoms with E-state index in [9.17, 15) is 4.79 Å². The smallest absolute Gasteiger partial charge is 0.257 e. The molecule has 4 aromatic rings. The van der Waals surface area contributed by atoms with Crippen molar-refractivity contribution in [2.24, 2.45) is 0 Å². The molecule has 2 N–H and O–H groups in total. The number of carbonyl (C=O) groups excluding carboxylic acids is 1. The van der Waals surface area contributed by atoms with Crippen LogP contribution in [-0.2, 0) is 0 Å². The van der Waals surface area contributed by atoms with E-state index in [4.69, 9.17) is 12.2 Å². The van der Waals surface area contributed by atoms with Crippen molar-refractivity contribution in [2.45, 2.75) is 0 Å². The lowest BCUT2D eigenvalue weighted by Gasteiger charge is -2.11. The summed E-state index contributed by atoms with van der Waals surface area (Å²) >= 11 is 6.38. The highest BCUT2D eigenvalue weighted by molar-refractivity contribution is 7.80. The van der Waals surface area contributed by atoms with Crippen LogP contribution in [0.2, 0.25) is 0 Å². The number of anilines is 1. The van der Waals surface area contributed by atoms with Gasteiger partial charge in [0.1, 0.15) is 11.0 Å². The Kier molecular flexibility index (Phi) is 4.04. The van der Waals surface area contributed by atoms with Crippen LogP contribution in [0.4, 0.5) is 5.69 Å². The standard InChI is InChI=1S/C17H11N5OS2/c23-16(10-6-7-14-15(9-10)22-25-21-14)20-17(24)19-13-5-1-4-12-11(13)3-2-8-18-12/h1-9H,(H2,19,20,23,24). The first kappa shape index (κ1) is 15.6. The van der Waals surface area contributed by atoms with E-state index in [1.807, 2.05) is 30.3 Å². The minimum atomic E-state index is -0.300. The van der Waals surface area contributed by atoms with Gasteiger partial charge in [-0.25, -0.2) is 0 Å². The van der Waals surface area contributed by atoms with Crippen molar-refractivity contribution < 1.29 is 4.79 Å². The molecule has 0 aliphatic carbocycles. The van der Waals surface area contributed by atoms with Gasteiger partial charge in [-0.05, 0) is 54.7 Å². The summed E-state index contributed by atoms with van der Waals surface area (Å²) in [6.07, 6.45) is 1.73. The molecule has 0 spiro atoms. The Hall–Kier alpha value is -2.97. The molecule has 0 aliphatic rings. The number of nitrogens with zero attached hydrogens (tertiary/aromatic N) is 3. The van der Waals surface area contributed by atoms with Gasteiger partial charge in [0, 0.05) is 22.8 Å². The highest BCUT2D eigenvalue weighted by Gasteiger charge is 2.11. The lowest BCUT2D eigenvalue weighted by Crippen LogP contribution is -2.34. The molecule has 0 radical (unpaired) electrons. The van der Waals surface area contributed by atoms with Gasteiger partial charge < -0.3 is 5.32 Å². The van der Waals surface area contributed by atoms with Crippen LogP contribution in [0.15, 0.2) is 54.7 Å². The number of hydrogen-bond donors (Lipinski definition) is 2. The first-order valence-electron chi connectivity index (χ1n) is 7.39. The minimum Gasteiger partial charge on any atom is -0.332 e. The first-order valence-corrected chi connectivity index (χ1v) is 8.53. The normalized spacial score (nSPS) is 10.7. The van der Waals surface area contributed by atoms with E-state index in [1.165, 1.54) is 0 Å². The molecule has 8 heteroatoms. The Labute approximate surface area is 152 Å². The molecule has 0 saturated carbocycles. The van der Waals surface area contributed by atoms with E-state index >= 15 is 0 Å². The third kappa shape index (κ3) is 3.17. The number of hydrogen-bond acceptors (Lipinski definition) is 6. The molecule has 1 amide bonds. The van der Waals surface area contributed by atoms with Crippen molar-refractivity contribution in [3.8, 4) is 0 Å². The Balaban J connectivity index is 1.52. The van der Waals surface area contributed by atoms with Crippen molar-refractivity contribution in [1.29, 1.82) is 0 Å². The van der Waals surface area contributed by atoms with Crippen LogP contribution < -0.4 is 10.6 Å². The zero-order valence-electron chi connectivity index (χ0n) is 12.8. The number of benzene rings is 2. The fourth-order valence-electron chi connectivity index (χ4n) is 2.46. The molecule has 0 atom stereocenters. The minimum absolute atomic E-state index is 0.220. The summed E-state index contributed by atoms with van der Waals surface area (Å²) in [5.74, 6) is -0.300. The molecule has 0 unspecified atom stereocenters. The highest BCUT2D eigenvalue weighted by atomic mass is 32.1. The van der Waals surface area contributed by atoms with Gasteiger partial charge in [0.2, 0.25) is 0 Å². The summed E-state index contributed by atoms with van der Waals surface area (Å²) in [6, 6.07) is 14.6. The summed E-state index contributed by atoms with van der Waals surface area (Å²) in [4.78, 5) is 16.7. The number of carbonyl (C=O) groups is 1. The Bertz CT molecular complexity index is 1100. The Morgan fingerprint density at radius 1 is 1.00 bits per heavy atom. The van der Waals surface area contributed by atoms with Gasteiger partial charge in [0.15, 0.2) is 5.11 Å². The predicted octanol–water partition coefficient (Wildman–Crippen LogP) is 3.37. The Morgan fingerprint density at radius 2 is 1.88 bits per heavy atom. The maximum atomic E-state index is 12.4. The summed E-state index contributed by atoms with van der Waals surface area (Å²) in [6.45, 7) is 0. The second kappa shape index (κ2) is 6.50. The average Bonchev–Trinajstić information content (AvgIpc) is 3.09. The zero-order valence-corrected chi connectivity index (χ0v) is 14.4. The van der Waals surface area contributed by atoms with Crippen molar-refractivity contribution >= 4 is 62.6 Å². The fourth-order valence-corrected chi connectivity index (χ4v) is 3.18. The zero-order chi connectivity index (χ0) is 17.2. The summed E-state index contributed by atoms with van der Waals surface area (Å²) in [7, 11) is 0. The maximum absolute atomic E-state index is 12.4. The maximum Gasteiger partial charge on any atom is 0.257 e. The molecule has 0 bridgehead atoms. The van der Waals surface area contributed by atoms with Gasteiger partial charge in [0.05, 0.1) is 17.2 Å². The van der Waals surface area contributed by atoms with E-state index in [1.54, 1.807) is 24.4 Å². The van der Waals surface area contributed by atoms with Crippen LogP contribution in [0.25, 0.3) is 21.9 Å². The van der Waals surface area contributed by atoms with Crippen LogP contribution in [0.1, 0.15) is 10.4 Å². The highest BCUT2D eigenvalue weighted by Crippen LogP contribution is 2.21. The molecule has 2 heterocycles. The lowest BCUT2D eigenvalue weighted by molar-refractivity contribution is 0.0978. The molecule has 0 fully saturated rings. The van der Waals surface area contributed by atoms with Gasteiger partial charge in [0.25, 0.3) is 5.91 Å². The molecular formula is C17H11N5OS2. The van der Waals surface area contributed by atoms with Gasteiger partial charge in [-0.2, -0.15) is 8.75 Å². The van der Waals surface area contributed by atoms with Crippen LogP contribution >= 0.6 is 23.9 Å². The predicted molar refractivity (Wildman–Crippen MR) is 103 cm³/mol. The fraction of sp³-hybridized carbons (Fsp3) is 0. The van der Waals surface area contributed by atoms with Crippen LogP contribution in [0, 0.1) is 0 Å². The number of thiocarbonyl (C=S) groups is 1. The van der Waals surface area contributed by atoms with Crippen LogP contribution in [0.5, 0.6) is 0 Å². The second-order valence-corrected chi connectivity index (χ2v) is 6.19. The average molecular weight is 365 g/mol. The van der Waals surface area contributed by atoms with Crippen molar-refractivity contribution in [2.75, 3.05) is 5.32 Å². The SMILES string of the molecule is O=C(NC(=S)Nc1cccc2ncccc12)c1ccc2nsnc2c1. The summed E-state index contributed by atoms with van der Waals surface area (Å²) in [5, 5.41) is 6.88. The number of nitrogens with one attached hydrogen (secondary N) is 2. The topological polar surface area (TPSA) is 79.8 Å². The molecule has 6 nitrogen and oxygen atoms in total. The first-order chi connectivity index (χ1) is 12.2. The number of aromatic nitrogens is 3. The molecule has 122 valence electrons. The van der Waals surface area contributed by atoms with Crippen LogP contribution in [-0.4, -0.2) is 24.8 Å². The number of amides is 1. The molecule has 0 saturated heterocycles. The third-order valence-electron chi connectivity index (χ3n) is 3.64. The van der Waals surface area contributed by atoms with Gasteiger partial charge in [-0.1, -0.05) is 6.07 Å². The van der Waals surface area contributed by atoms with E-state index in [2.05, 4.69) is 24.4 Å². The molecule has 25 heavy (non-hydrogen) atoms. The number of pyridine rings is 1. The van der Waals surface area contributed by atoms with Crippen LogP contribution in [0.3, 0.4) is 0 Å². The number of fused-ring (bicyclic) bond motifs is 2. The Morgan fingerprint density at radius 3 is 2.80 bits per heavy atom. The summed E-state index contributed by atoms with van der Waals surface area (Å²) < 4.78 is 8.26. The quantitative estimate of drug-likeness (QED) is 0.530. The molecular weight excluding hydrogens is 354 g/mol. The lowest BCUT2D eigenvalue weighted by atomic mass is 10.2. The third-order valence-corrected chi connectivity index (χ3v) is 4.40. The van der Waals surface area contributed by atoms with Crippen molar-refractivity contribution in [1.82, 2.24) is 19.0 Å². The van der Waals surface area contributed by atoms with Crippen molar-refractivity contribution in [3.05, 3.63) is 60.3 Å². The van der Waals surface area contributed by atoms with Gasteiger partial charge in [-0.15, -0.1) is 0 Å². The monoisotopic (exact) mass is 365 g/mol. The molecule has 4 rings (SSSR count). The summed E-state index contributed by atoms with van der Waals surface area (Å²) in [5.41, 5.74) is 3.57. The number of rotatable bonds is 2.